The van der Waals surface area contributed by atoms with Crippen molar-refractivity contribution >= 4 is 11.5 Å². The number of nitrogens with zero attached hydrogens (tertiary/aromatic N) is 1. The topological polar surface area (TPSA) is 69.4 Å². The van der Waals surface area contributed by atoms with E-state index >= 15 is 0 Å². The van der Waals surface area contributed by atoms with Crippen LogP contribution in [-0.4, -0.2) is 17.3 Å². The summed E-state index contributed by atoms with van der Waals surface area (Å²) in [6.07, 6.45) is 0.903. The maximum atomic E-state index is 12.1. The first-order valence-corrected chi connectivity index (χ1v) is 7.01. The molecule has 0 saturated heterocycles. The second-order valence-corrected chi connectivity index (χ2v) is 4.99. The quantitative estimate of drug-likeness (QED) is 0.463. The number of benzene rings is 2. The highest BCUT2D eigenvalue weighted by atomic mass is 16.6. The minimum atomic E-state index is -0.519. The van der Waals surface area contributed by atoms with Crippen LogP contribution in [0.2, 0.25) is 0 Å². The zero-order valence-electron chi connectivity index (χ0n) is 12.5. The summed E-state index contributed by atoms with van der Waals surface area (Å²) in [6.45, 7) is 3.62. The Kier molecular flexibility index (Phi) is 4.88. The van der Waals surface area contributed by atoms with Crippen LogP contribution in [0.5, 0.6) is 5.75 Å². The Morgan fingerprint density at radius 2 is 1.86 bits per heavy atom. The maximum Gasteiger partial charge on any atom is 0.310 e. The van der Waals surface area contributed by atoms with Crippen LogP contribution in [0.4, 0.5) is 5.69 Å². The molecule has 0 aliphatic carbocycles. The molecule has 0 aliphatic heterocycles. The molecule has 0 saturated carbocycles. The molecule has 22 heavy (non-hydrogen) atoms. The van der Waals surface area contributed by atoms with E-state index in [1.165, 1.54) is 6.07 Å². The van der Waals surface area contributed by atoms with Crippen LogP contribution < -0.4 is 4.74 Å². The Balaban J connectivity index is 2.10. The van der Waals surface area contributed by atoms with Crippen LogP contribution in [0.25, 0.3) is 0 Å². The molecule has 5 heteroatoms. The van der Waals surface area contributed by atoms with Crippen molar-refractivity contribution in [3.8, 4) is 5.75 Å². The normalized spacial score (nSPS) is 10.3. The summed E-state index contributed by atoms with van der Waals surface area (Å²) in [4.78, 5) is 22.5. The smallest absolute Gasteiger partial charge is 0.310 e. The van der Waals surface area contributed by atoms with Gasteiger partial charge in [0, 0.05) is 11.6 Å². The Bertz CT molecular complexity index is 692. The van der Waals surface area contributed by atoms with E-state index in [9.17, 15) is 14.9 Å². The molecular weight excluding hydrogens is 282 g/mol. The van der Waals surface area contributed by atoms with Crippen LogP contribution in [0.3, 0.4) is 0 Å². The van der Waals surface area contributed by atoms with E-state index in [1.807, 2.05) is 26.0 Å². The molecule has 114 valence electrons. The molecule has 2 aromatic carbocycles. The third-order valence-electron chi connectivity index (χ3n) is 3.35. The van der Waals surface area contributed by atoms with Gasteiger partial charge in [-0.05, 0) is 30.5 Å². The molecule has 0 atom stereocenters. The van der Waals surface area contributed by atoms with Gasteiger partial charge in [-0.25, -0.2) is 0 Å². The average Bonchev–Trinajstić information content (AvgIpc) is 2.52. The summed E-state index contributed by atoms with van der Waals surface area (Å²) in [6, 6.07) is 11.8. The lowest BCUT2D eigenvalue weighted by Crippen LogP contribution is -2.12. The summed E-state index contributed by atoms with van der Waals surface area (Å²) in [5, 5.41) is 11.0. The molecule has 0 fully saturated rings. The number of nitro groups is 1. The number of carbonyl (C=O) groups excluding carboxylic acids is 1. The number of carbonyl (C=O) groups is 1. The largest absolute Gasteiger partial charge is 0.478 e. The first kappa shape index (κ1) is 15.7. The van der Waals surface area contributed by atoms with E-state index in [4.69, 9.17) is 4.74 Å². The molecule has 0 bridgehead atoms. The highest BCUT2D eigenvalue weighted by molar-refractivity contribution is 5.97. The summed E-state index contributed by atoms with van der Waals surface area (Å²) in [5.74, 6) is -0.0954. The molecule has 5 nitrogen and oxygen atoms in total. The van der Waals surface area contributed by atoms with Crippen LogP contribution in [0.1, 0.15) is 28.4 Å². The van der Waals surface area contributed by atoms with Gasteiger partial charge in [0.2, 0.25) is 0 Å². The minimum Gasteiger partial charge on any atom is -0.478 e. The van der Waals surface area contributed by atoms with Crippen molar-refractivity contribution in [2.75, 3.05) is 6.61 Å². The number of nitro benzene ring substituents is 1. The number of hydrogen-bond donors (Lipinski definition) is 0. The van der Waals surface area contributed by atoms with Crippen molar-refractivity contribution in [2.45, 2.75) is 20.3 Å². The van der Waals surface area contributed by atoms with Gasteiger partial charge < -0.3 is 4.74 Å². The third kappa shape index (κ3) is 3.69. The second-order valence-electron chi connectivity index (χ2n) is 4.99. The van der Waals surface area contributed by atoms with Crippen molar-refractivity contribution < 1.29 is 14.5 Å². The van der Waals surface area contributed by atoms with E-state index in [2.05, 4.69) is 0 Å². The number of ether oxygens (including phenoxy) is 1. The van der Waals surface area contributed by atoms with Gasteiger partial charge in [-0.1, -0.05) is 37.3 Å². The minimum absolute atomic E-state index is 0.114. The molecular formula is C17H17NO4. The monoisotopic (exact) mass is 299 g/mol. The lowest BCUT2D eigenvalue weighted by atomic mass is 10.1. The van der Waals surface area contributed by atoms with Crippen molar-refractivity contribution in [1.29, 1.82) is 0 Å². The lowest BCUT2D eigenvalue weighted by molar-refractivity contribution is -0.385. The van der Waals surface area contributed by atoms with Crippen LogP contribution in [0.15, 0.2) is 42.5 Å². The number of rotatable bonds is 6. The van der Waals surface area contributed by atoms with E-state index in [0.29, 0.717) is 5.56 Å². The summed E-state index contributed by atoms with van der Waals surface area (Å²) < 4.78 is 5.36. The van der Waals surface area contributed by atoms with E-state index in [1.54, 1.807) is 24.3 Å². The fourth-order valence-corrected chi connectivity index (χ4v) is 2.04. The van der Waals surface area contributed by atoms with Crippen molar-refractivity contribution in [3.05, 3.63) is 69.3 Å². The van der Waals surface area contributed by atoms with Crippen molar-refractivity contribution in [1.82, 2.24) is 0 Å². The SMILES string of the molecule is CCc1ccc(C(=O)COc2cc(C)ccc2[N+](=O)[O-])cc1. The van der Waals surface area contributed by atoms with Gasteiger partial charge in [0.05, 0.1) is 4.92 Å². The van der Waals surface area contributed by atoms with E-state index in [0.717, 1.165) is 17.5 Å². The van der Waals surface area contributed by atoms with Gasteiger partial charge in [0.1, 0.15) is 0 Å². The molecule has 0 heterocycles. The van der Waals surface area contributed by atoms with Crippen LogP contribution in [-0.2, 0) is 6.42 Å². The average molecular weight is 299 g/mol. The van der Waals surface area contributed by atoms with Gasteiger partial charge in [-0.15, -0.1) is 0 Å². The molecule has 2 rings (SSSR count). The molecule has 0 radical (unpaired) electrons. The van der Waals surface area contributed by atoms with Gasteiger partial charge in [-0.3, -0.25) is 14.9 Å². The lowest BCUT2D eigenvalue weighted by Gasteiger charge is -2.07. The number of aryl methyl sites for hydroxylation is 2. The standard InChI is InChI=1S/C17H17NO4/c1-3-13-5-7-14(8-6-13)16(19)11-22-17-10-12(2)4-9-15(17)18(20)21/h4-10H,3,11H2,1-2H3. The molecule has 0 N–H and O–H groups in total. The highest BCUT2D eigenvalue weighted by Crippen LogP contribution is 2.27. The Morgan fingerprint density at radius 3 is 2.45 bits per heavy atom. The van der Waals surface area contributed by atoms with Crippen LogP contribution >= 0.6 is 0 Å². The van der Waals surface area contributed by atoms with Crippen molar-refractivity contribution in [2.24, 2.45) is 0 Å². The Hall–Kier alpha value is -2.69. The molecule has 2 aromatic rings. The third-order valence-corrected chi connectivity index (χ3v) is 3.35. The Morgan fingerprint density at radius 1 is 1.18 bits per heavy atom. The number of hydrogen-bond acceptors (Lipinski definition) is 4. The number of ketones is 1. The fraction of sp³-hybridized carbons (Fsp3) is 0.235. The Labute approximate surface area is 128 Å². The molecule has 0 aliphatic rings. The van der Waals surface area contributed by atoms with E-state index < -0.39 is 4.92 Å². The van der Waals surface area contributed by atoms with Crippen molar-refractivity contribution in [3.63, 3.8) is 0 Å². The van der Waals surface area contributed by atoms with Crippen LogP contribution in [0, 0.1) is 17.0 Å². The van der Waals surface area contributed by atoms with Gasteiger partial charge in [0.25, 0.3) is 0 Å². The second kappa shape index (κ2) is 6.85. The first-order valence-electron chi connectivity index (χ1n) is 7.01. The summed E-state index contributed by atoms with van der Waals surface area (Å²) in [7, 11) is 0. The molecule has 0 unspecified atom stereocenters. The predicted octanol–water partition coefficient (Wildman–Crippen LogP) is 3.73. The summed E-state index contributed by atoms with van der Waals surface area (Å²) >= 11 is 0. The molecule has 0 amide bonds. The van der Waals surface area contributed by atoms with Gasteiger partial charge in [0.15, 0.2) is 18.1 Å². The summed E-state index contributed by atoms with van der Waals surface area (Å²) in [5.41, 5.74) is 2.37. The maximum absolute atomic E-state index is 12.1. The van der Waals surface area contributed by atoms with E-state index in [-0.39, 0.29) is 23.8 Å². The highest BCUT2D eigenvalue weighted by Gasteiger charge is 2.16. The predicted molar refractivity (Wildman–Crippen MR) is 83.5 cm³/mol. The first-order chi connectivity index (χ1) is 10.5. The zero-order valence-corrected chi connectivity index (χ0v) is 12.5. The van der Waals surface area contributed by atoms with Gasteiger partial charge >= 0.3 is 5.69 Å². The van der Waals surface area contributed by atoms with Gasteiger partial charge in [-0.2, -0.15) is 0 Å². The zero-order chi connectivity index (χ0) is 16.1. The molecule has 0 aromatic heterocycles. The number of Topliss-reactive ketones (excluding diaryl/α,β-unsaturated/α-hetero) is 1. The fourth-order valence-electron chi connectivity index (χ4n) is 2.04. The molecule has 0 spiro atoms.